The summed E-state index contributed by atoms with van der Waals surface area (Å²) in [5, 5.41) is 0. The average molecular weight is 298 g/mol. The van der Waals surface area contributed by atoms with Gasteiger partial charge < -0.3 is 14.2 Å². The van der Waals surface area contributed by atoms with Crippen LogP contribution in [0.25, 0.3) is 11.1 Å². The van der Waals surface area contributed by atoms with Gasteiger partial charge in [0.1, 0.15) is 18.5 Å². The number of carbonyl (C=O) groups is 2. The van der Waals surface area contributed by atoms with Gasteiger partial charge in [-0.15, -0.1) is 0 Å². The Bertz CT molecular complexity index is 656. The number of esters is 1. The van der Waals surface area contributed by atoms with Gasteiger partial charge in [-0.3, -0.25) is 4.79 Å². The molecule has 3 rings (SSSR count). The van der Waals surface area contributed by atoms with Crippen molar-refractivity contribution in [3.05, 3.63) is 54.1 Å². The number of rotatable bonds is 6. The standard InChI is InChI=1S/C17H14O5/c18-11-22-15-7-5-13(6-8-15)12-1-3-14(4-2-12)17(19)21-10-16-9-20-16/h1-8,11,16H,9-10H2. The van der Waals surface area contributed by atoms with Gasteiger partial charge >= 0.3 is 5.97 Å². The van der Waals surface area contributed by atoms with E-state index in [1.165, 1.54) is 0 Å². The van der Waals surface area contributed by atoms with Crippen molar-refractivity contribution >= 4 is 12.4 Å². The number of epoxide rings is 1. The first kappa shape index (κ1) is 14.3. The van der Waals surface area contributed by atoms with Gasteiger partial charge in [0.05, 0.1) is 12.2 Å². The Kier molecular flexibility index (Phi) is 4.16. The maximum atomic E-state index is 11.8. The van der Waals surface area contributed by atoms with Crippen LogP contribution in [0.1, 0.15) is 10.4 Å². The predicted octanol–water partition coefficient (Wildman–Crippen LogP) is 2.44. The van der Waals surface area contributed by atoms with Gasteiger partial charge in [0.15, 0.2) is 0 Å². The molecular weight excluding hydrogens is 284 g/mol. The minimum absolute atomic E-state index is 0.0651. The molecule has 0 aliphatic carbocycles. The summed E-state index contributed by atoms with van der Waals surface area (Å²) in [5.41, 5.74) is 2.43. The van der Waals surface area contributed by atoms with Crippen LogP contribution < -0.4 is 4.74 Å². The highest BCUT2D eigenvalue weighted by atomic mass is 16.6. The van der Waals surface area contributed by atoms with E-state index in [1.54, 1.807) is 24.3 Å². The molecule has 0 spiro atoms. The minimum atomic E-state index is -0.350. The summed E-state index contributed by atoms with van der Waals surface area (Å²) in [7, 11) is 0. The molecule has 0 saturated carbocycles. The number of benzene rings is 2. The Hall–Kier alpha value is -2.66. The number of hydrogen-bond acceptors (Lipinski definition) is 5. The third-order valence-electron chi connectivity index (χ3n) is 3.30. The number of ether oxygens (including phenoxy) is 3. The maximum Gasteiger partial charge on any atom is 0.338 e. The van der Waals surface area contributed by atoms with Crippen LogP contribution in [0.4, 0.5) is 0 Å². The molecule has 0 radical (unpaired) electrons. The summed E-state index contributed by atoms with van der Waals surface area (Å²) in [6.07, 6.45) is 0.0651. The zero-order valence-corrected chi connectivity index (χ0v) is 11.7. The lowest BCUT2D eigenvalue weighted by Gasteiger charge is -2.06. The molecule has 0 amide bonds. The molecule has 2 aromatic carbocycles. The molecule has 0 aromatic heterocycles. The fourth-order valence-corrected chi connectivity index (χ4v) is 2.00. The van der Waals surface area contributed by atoms with E-state index in [2.05, 4.69) is 0 Å². The molecule has 1 fully saturated rings. The lowest BCUT2D eigenvalue weighted by atomic mass is 10.0. The SMILES string of the molecule is O=COc1ccc(-c2ccc(C(=O)OCC3CO3)cc2)cc1. The Balaban J connectivity index is 1.67. The van der Waals surface area contributed by atoms with E-state index >= 15 is 0 Å². The molecular formula is C17H14O5. The van der Waals surface area contributed by atoms with E-state index in [4.69, 9.17) is 14.2 Å². The normalized spacial score (nSPS) is 15.9. The molecule has 22 heavy (non-hydrogen) atoms. The van der Waals surface area contributed by atoms with Crippen molar-refractivity contribution in [2.24, 2.45) is 0 Å². The molecule has 112 valence electrons. The smallest absolute Gasteiger partial charge is 0.338 e. The Labute approximate surface area is 127 Å². The van der Waals surface area contributed by atoms with Crippen molar-refractivity contribution in [3.63, 3.8) is 0 Å². The number of carbonyl (C=O) groups excluding carboxylic acids is 2. The van der Waals surface area contributed by atoms with E-state index in [1.807, 2.05) is 24.3 Å². The summed E-state index contributed by atoms with van der Waals surface area (Å²) in [5.74, 6) is 0.137. The summed E-state index contributed by atoms with van der Waals surface area (Å²) in [6, 6.07) is 14.2. The third kappa shape index (κ3) is 3.51. The summed E-state index contributed by atoms with van der Waals surface area (Å²) >= 11 is 0. The molecule has 2 aromatic rings. The predicted molar refractivity (Wildman–Crippen MR) is 78.6 cm³/mol. The van der Waals surface area contributed by atoms with Gasteiger partial charge in [0.2, 0.25) is 0 Å². The van der Waals surface area contributed by atoms with E-state index in [0.717, 1.165) is 11.1 Å². The van der Waals surface area contributed by atoms with Gasteiger partial charge in [0, 0.05) is 0 Å². The van der Waals surface area contributed by atoms with Gasteiger partial charge in [-0.25, -0.2) is 4.79 Å². The van der Waals surface area contributed by atoms with Crippen LogP contribution >= 0.6 is 0 Å². The largest absolute Gasteiger partial charge is 0.459 e. The molecule has 1 heterocycles. The lowest BCUT2D eigenvalue weighted by Crippen LogP contribution is -2.09. The molecule has 1 saturated heterocycles. The highest BCUT2D eigenvalue weighted by Crippen LogP contribution is 2.23. The average Bonchev–Trinajstić information content (AvgIpc) is 3.38. The fraction of sp³-hybridized carbons (Fsp3) is 0.176. The second kappa shape index (κ2) is 6.41. The van der Waals surface area contributed by atoms with Crippen LogP contribution in [0.5, 0.6) is 5.75 Å². The molecule has 5 heteroatoms. The topological polar surface area (TPSA) is 65.1 Å². The van der Waals surface area contributed by atoms with Gasteiger partial charge in [-0.2, -0.15) is 0 Å². The van der Waals surface area contributed by atoms with E-state index in [0.29, 0.717) is 31.0 Å². The maximum absolute atomic E-state index is 11.8. The van der Waals surface area contributed by atoms with Crippen LogP contribution in [0.3, 0.4) is 0 Å². The molecule has 0 bridgehead atoms. The third-order valence-corrected chi connectivity index (χ3v) is 3.30. The molecule has 1 aliphatic rings. The summed E-state index contributed by atoms with van der Waals surface area (Å²) < 4.78 is 14.9. The van der Waals surface area contributed by atoms with Crippen LogP contribution in [0.15, 0.2) is 48.5 Å². The van der Waals surface area contributed by atoms with E-state index in [9.17, 15) is 9.59 Å². The van der Waals surface area contributed by atoms with Gasteiger partial charge in [-0.05, 0) is 35.4 Å². The molecule has 1 aliphatic heterocycles. The van der Waals surface area contributed by atoms with E-state index < -0.39 is 0 Å². The molecule has 0 N–H and O–H groups in total. The fourth-order valence-electron chi connectivity index (χ4n) is 2.00. The summed E-state index contributed by atoms with van der Waals surface area (Å²) in [6.45, 7) is 1.36. The van der Waals surface area contributed by atoms with Crippen molar-refractivity contribution in [1.29, 1.82) is 0 Å². The highest BCUT2D eigenvalue weighted by Gasteiger charge is 2.24. The summed E-state index contributed by atoms with van der Waals surface area (Å²) in [4.78, 5) is 22.1. The van der Waals surface area contributed by atoms with Crippen molar-refractivity contribution in [3.8, 4) is 16.9 Å². The monoisotopic (exact) mass is 298 g/mol. The first-order valence-corrected chi connectivity index (χ1v) is 6.86. The molecule has 1 unspecified atom stereocenters. The first-order valence-electron chi connectivity index (χ1n) is 6.86. The van der Waals surface area contributed by atoms with Crippen molar-refractivity contribution in [2.75, 3.05) is 13.2 Å². The van der Waals surface area contributed by atoms with Crippen molar-refractivity contribution in [1.82, 2.24) is 0 Å². The Morgan fingerprint density at radius 3 is 2.23 bits per heavy atom. The molecule has 1 atom stereocenters. The van der Waals surface area contributed by atoms with Crippen molar-refractivity contribution in [2.45, 2.75) is 6.10 Å². The number of hydrogen-bond donors (Lipinski definition) is 0. The van der Waals surface area contributed by atoms with Gasteiger partial charge in [-0.1, -0.05) is 24.3 Å². The van der Waals surface area contributed by atoms with Crippen LogP contribution in [0, 0.1) is 0 Å². The zero-order valence-electron chi connectivity index (χ0n) is 11.7. The molecule has 5 nitrogen and oxygen atoms in total. The quantitative estimate of drug-likeness (QED) is 0.465. The van der Waals surface area contributed by atoms with Crippen LogP contribution in [-0.4, -0.2) is 31.8 Å². The second-order valence-corrected chi connectivity index (χ2v) is 4.87. The Morgan fingerprint density at radius 1 is 1.09 bits per heavy atom. The van der Waals surface area contributed by atoms with Crippen LogP contribution in [0.2, 0.25) is 0 Å². The zero-order chi connectivity index (χ0) is 15.4. The Morgan fingerprint density at radius 2 is 1.68 bits per heavy atom. The van der Waals surface area contributed by atoms with Crippen molar-refractivity contribution < 1.29 is 23.8 Å². The second-order valence-electron chi connectivity index (χ2n) is 4.87. The van der Waals surface area contributed by atoms with Crippen LogP contribution in [-0.2, 0) is 14.3 Å². The highest BCUT2D eigenvalue weighted by molar-refractivity contribution is 5.90. The van der Waals surface area contributed by atoms with E-state index in [-0.39, 0.29) is 12.1 Å². The first-order chi connectivity index (χ1) is 10.8. The lowest BCUT2D eigenvalue weighted by molar-refractivity contribution is -0.120. The minimum Gasteiger partial charge on any atom is -0.459 e. The van der Waals surface area contributed by atoms with Gasteiger partial charge in [0.25, 0.3) is 6.47 Å².